The molecule has 1 aromatic carbocycles. The number of methoxy groups -OCH3 is 1. The minimum Gasteiger partial charge on any atom is -0.465 e. The predicted octanol–water partition coefficient (Wildman–Crippen LogP) is 1.95. The lowest BCUT2D eigenvalue weighted by molar-refractivity contribution is 0.0595. The molecule has 1 aromatic rings. The molecule has 0 amide bonds. The molecule has 1 atom stereocenters. The highest BCUT2D eigenvalue weighted by molar-refractivity contribution is 5.90. The third-order valence-corrected chi connectivity index (χ3v) is 2.99. The van der Waals surface area contributed by atoms with Crippen LogP contribution in [-0.2, 0) is 11.2 Å². The highest BCUT2D eigenvalue weighted by Crippen LogP contribution is 2.30. The number of aryl methyl sites for hydroxylation is 1. The van der Waals surface area contributed by atoms with Crippen LogP contribution in [-0.4, -0.2) is 13.1 Å². The second-order valence-corrected chi connectivity index (χ2v) is 4.02. The summed E-state index contributed by atoms with van der Waals surface area (Å²) in [6, 6.07) is 2.83. The predicted molar refractivity (Wildman–Crippen MR) is 57.6 cm³/mol. The first-order valence-corrected chi connectivity index (χ1v) is 5.29. The third kappa shape index (κ3) is 1.80. The summed E-state index contributed by atoms with van der Waals surface area (Å²) in [6.07, 6.45) is 2.66. The number of rotatable bonds is 1. The molecule has 0 radical (unpaired) electrons. The summed E-state index contributed by atoms with van der Waals surface area (Å²) in [5, 5.41) is 0. The van der Waals surface area contributed by atoms with Crippen LogP contribution in [0.5, 0.6) is 0 Å². The second-order valence-electron chi connectivity index (χ2n) is 4.02. The fourth-order valence-corrected chi connectivity index (χ4v) is 2.13. The van der Waals surface area contributed by atoms with Crippen LogP contribution in [0.2, 0.25) is 0 Å². The first-order chi connectivity index (χ1) is 7.63. The average molecular weight is 223 g/mol. The van der Waals surface area contributed by atoms with Crippen LogP contribution in [0.3, 0.4) is 0 Å². The molecule has 0 heterocycles. The van der Waals surface area contributed by atoms with Gasteiger partial charge in [-0.05, 0) is 42.5 Å². The van der Waals surface area contributed by atoms with Gasteiger partial charge in [0.15, 0.2) is 0 Å². The summed E-state index contributed by atoms with van der Waals surface area (Å²) in [5.41, 5.74) is 7.68. The van der Waals surface area contributed by atoms with Crippen LogP contribution in [0, 0.1) is 5.82 Å². The van der Waals surface area contributed by atoms with Crippen molar-refractivity contribution in [1.82, 2.24) is 0 Å². The van der Waals surface area contributed by atoms with Crippen molar-refractivity contribution in [1.29, 1.82) is 0 Å². The van der Waals surface area contributed by atoms with Crippen molar-refractivity contribution in [2.45, 2.75) is 25.3 Å². The first kappa shape index (κ1) is 11.1. The van der Waals surface area contributed by atoms with Crippen LogP contribution < -0.4 is 5.73 Å². The SMILES string of the molecule is COC(=O)c1cc2c(cc1F)CCC[C@H]2N. The summed E-state index contributed by atoms with van der Waals surface area (Å²) >= 11 is 0. The number of halogens is 1. The van der Waals surface area contributed by atoms with Crippen LogP contribution in [0.15, 0.2) is 12.1 Å². The fourth-order valence-electron chi connectivity index (χ4n) is 2.13. The summed E-state index contributed by atoms with van der Waals surface area (Å²) in [5.74, 6) is -1.18. The molecule has 3 nitrogen and oxygen atoms in total. The van der Waals surface area contributed by atoms with Crippen LogP contribution in [0.25, 0.3) is 0 Å². The molecule has 0 unspecified atom stereocenters. The average Bonchev–Trinajstić information content (AvgIpc) is 2.28. The van der Waals surface area contributed by atoms with Gasteiger partial charge in [-0.15, -0.1) is 0 Å². The van der Waals surface area contributed by atoms with Gasteiger partial charge < -0.3 is 10.5 Å². The molecule has 0 spiro atoms. The largest absolute Gasteiger partial charge is 0.465 e. The van der Waals surface area contributed by atoms with E-state index in [0.717, 1.165) is 30.4 Å². The van der Waals surface area contributed by atoms with Crippen molar-refractivity contribution in [2.75, 3.05) is 7.11 Å². The van der Waals surface area contributed by atoms with Gasteiger partial charge in [0.25, 0.3) is 0 Å². The van der Waals surface area contributed by atoms with E-state index in [9.17, 15) is 9.18 Å². The number of esters is 1. The van der Waals surface area contributed by atoms with Gasteiger partial charge in [0.2, 0.25) is 0 Å². The zero-order valence-corrected chi connectivity index (χ0v) is 9.13. The zero-order valence-electron chi connectivity index (χ0n) is 9.13. The Bertz CT molecular complexity index is 431. The maximum absolute atomic E-state index is 13.6. The van der Waals surface area contributed by atoms with Crippen molar-refractivity contribution in [3.63, 3.8) is 0 Å². The number of hydrogen-bond acceptors (Lipinski definition) is 3. The van der Waals surface area contributed by atoms with Crippen molar-refractivity contribution in [3.05, 3.63) is 34.6 Å². The molecular formula is C12H14FNO2. The van der Waals surface area contributed by atoms with E-state index in [0.29, 0.717) is 0 Å². The normalized spacial score (nSPS) is 19.1. The molecule has 2 rings (SSSR count). The Kier molecular flexibility index (Phi) is 2.92. The molecule has 0 bridgehead atoms. The Morgan fingerprint density at radius 3 is 3.00 bits per heavy atom. The number of carbonyl (C=O) groups excluding carboxylic acids is 1. The minimum absolute atomic E-state index is 0.0291. The first-order valence-electron chi connectivity index (χ1n) is 5.29. The quantitative estimate of drug-likeness (QED) is 0.740. The molecule has 1 aliphatic carbocycles. The molecule has 86 valence electrons. The molecule has 0 saturated heterocycles. The second kappa shape index (κ2) is 4.22. The van der Waals surface area contributed by atoms with E-state index < -0.39 is 11.8 Å². The van der Waals surface area contributed by atoms with Crippen molar-refractivity contribution < 1.29 is 13.9 Å². The third-order valence-electron chi connectivity index (χ3n) is 2.99. The van der Waals surface area contributed by atoms with Gasteiger partial charge in [-0.2, -0.15) is 0 Å². The number of ether oxygens (including phenoxy) is 1. The Labute approximate surface area is 93.4 Å². The summed E-state index contributed by atoms with van der Waals surface area (Å²) in [4.78, 5) is 11.3. The van der Waals surface area contributed by atoms with Gasteiger partial charge in [0.05, 0.1) is 12.7 Å². The molecule has 0 aromatic heterocycles. The Morgan fingerprint density at radius 1 is 1.56 bits per heavy atom. The maximum Gasteiger partial charge on any atom is 0.340 e. The number of hydrogen-bond donors (Lipinski definition) is 1. The lowest BCUT2D eigenvalue weighted by atomic mass is 9.87. The van der Waals surface area contributed by atoms with Crippen LogP contribution in [0.4, 0.5) is 4.39 Å². The lowest BCUT2D eigenvalue weighted by Gasteiger charge is -2.22. The van der Waals surface area contributed by atoms with Crippen LogP contribution >= 0.6 is 0 Å². The number of fused-ring (bicyclic) bond motifs is 1. The summed E-state index contributed by atoms with van der Waals surface area (Å²) in [6.45, 7) is 0. The molecule has 0 aliphatic heterocycles. The van der Waals surface area contributed by atoms with Gasteiger partial charge in [-0.1, -0.05) is 0 Å². The summed E-state index contributed by atoms with van der Waals surface area (Å²) < 4.78 is 18.1. The molecule has 0 fully saturated rings. The van der Waals surface area contributed by atoms with E-state index >= 15 is 0 Å². The Morgan fingerprint density at radius 2 is 2.31 bits per heavy atom. The summed E-state index contributed by atoms with van der Waals surface area (Å²) in [7, 11) is 1.24. The lowest BCUT2D eigenvalue weighted by Crippen LogP contribution is -2.19. The molecular weight excluding hydrogens is 209 g/mol. The van der Waals surface area contributed by atoms with Crippen molar-refractivity contribution in [3.8, 4) is 0 Å². The van der Waals surface area contributed by atoms with Gasteiger partial charge in [-0.25, -0.2) is 9.18 Å². The van der Waals surface area contributed by atoms with E-state index in [1.54, 1.807) is 0 Å². The molecule has 2 N–H and O–H groups in total. The maximum atomic E-state index is 13.6. The number of benzene rings is 1. The monoisotopic (exact) mass is 223 g/mol. The zero-order chi connectivity index (χ0) is 11.7. The van der Waals surface area contributed by atoms with E-state index in [1.807, 2.05) is 0 Å². The van der Waals surface area contributed by atoms with Gasteiger partial charge in [-0.3, -0.25) is 0 Å². The highest BCUT2D eigenvalue weighted by atomic mass is 19.1. The fraction of sp³-hybridized carbons (Fsp3) is 0.417. The van der Waals surface area contributed by atoms with E-state index in [1.165, 1.54) is 19.2 Å². The molecule has 4 heteroatoms. The molecule has 1 aliphatic rings. The van der Waals surface area contributed by atoms with E-state index in [4.69, 9.17) is 5.73 Å². The highest BCUT2D eigenvalue weighted by Gasteiger charge is 2.22. The number of nitrogens with two attached hydrogens (primary N) is 1. The minimum atomic E-state index is -0.655. The van der Waals surface area contributed by atoms with E-state index in [2.05, 4.69) is 4.74 Å². The van der Waals surface area contributed by atoms with Crippen molar-refractivity contribution >= 4 is 5.97 Å². The smallest absolute Gasteiger partial charge is 0.340 e. The van der Waals surface area contributed by atoms with Gasteiger partial charge in [0, 0.05) is 6.04 Å². The molecule has 0 saturated carbocycles. The van der Waals surface area contributed by atoms with Gasteiger partial charge in [0.1, 0.15) is 5.82 Å². The topological polar surface area (TPSA) is 52.3 Å². The van der Waals surface area contributed by atoms with Crippen molar-refractivity contribution in [2.24, 2.45) is 5.73 Å². The van der Waals surface area contributed by atoms with Crippen LogP contribution in [0.1, 0.15) is 40.4 Å². The Hall–Kier alpha value is -1.42. The number of carbonyl (C=O) groups is 1. The van der Waals surface area contributed by atoms with E-state index in [-0.39, 0.29) is 11.6 Å². The Balaban J connectivity index is 2.50. The molecule has 16 heavy (non-hydrogen) atoms. The van der Waals surface area contributed by atoms with Gasteiger partial charge >= 0.3 is 5.97 Å². The standard InChI is InChI=1S/C12H14FNO2/c1-16-12(15)9-6-8-7(5-10(9)13)3-2-4-11(8)14/h5-6,11H,2-4,14H2,1H3/t11-/m1/s1.